The number of unbranched alkanes of at least 4 members (excludes halogenated alkanes) is 39. The Kier molecular flexibility index (Phi) is 53.7. The largest absolute Gasteiger partial charge is 0.462 e. The van der Waals surface area contributed by atoms with E-state index in [2.05, 4.69) is 45.1 Å². The Balaban J connectivity index is 4.31. The molecule has 0 unspecified atom stereocenters. The minimum atomic E-state index is -0.770. The van der Waals surface area contributed by atoms with Crippen molar-refractivity contribution >= 4 is 17.9 Å². The number of allylic oxidation sites excluding steroid dienone is 4. The quantitative estimate of drug-likeness (QED) is 0.0262. The summed E-state index contributed by atoms with van der Waals surface area (Å²) in [6.07, 6.45) is 64.5. The standard InChI is InChI=1S/C60H112O6/c1-4-7-10-13-16-19-22-25-28-29-30-31-33-35-38-41-44-47-50-53-59(62)65-56-57(55-64-58(61)52-49-46-43-40-37-34-27-24-21-18-15-12-9-6-3)66-60(63)54-51-48-45-42-39-36-32-26-23-20-17-14-11-8-5-2/h20,23,25,28,57H,4-19,21-22,24,26-27,29-56H2,1-3H3/b23-20+,28-25+/t57-/m1/s1. The van der Waals surface area contributed by atoms with Crippen molar-refractivity contribution in [3.05, 3.63) is 24.3 Å². The van der Waals surface area contributed by atoms with Gasteiger partial charge in [-0.2, -0.15) is 0 Å². The molecule has 0 aliphatic heterocycles. The number of rotatable bonds is 54. The van der Waals surface area contributed by atoms with Gasteiger partial charge in [-0.3, -0.25) is 14.4 Å². The van der Waals surface area contributed by atoms with Gasteiger partial charge >= 0.3 is 17.9 Å². The summed E-state index contributed by atoms with van der Waals surface area (Å²) < 4.78 is 16.9. The van der Waals surface area contributed by atoms with Crippen molar-refractivity contribution in [1.29, 1.82) is 0 Å². The van der Waals surface area contributed by atoms with E-state index in [4.69, 9.17) is 14.2 Å². The molecule has 0 fully saturated rings. The van der Waals surface area contributed by atoms with Gasteiger partial charge in [0.2, 0.25) is 0 Å². The van der Waals surface area contributed by atoms with Gasteiger partial charge in [-0.25, -0.2) is 0 Å². The van der Waals surface area contributed by atoms with Gasteiger partial charge in [-0.1, -0.05) is 257 Å². The molecule has 0 aromatic carbocycles. The summed E-state index contributed by atoms with van der Waals surface area (Å²) in [5.74, 6) is -0.855. The lowest BCUT2D eigenvalue weighted by molar-refractivity contribution is -0.167. The van der Waals surface area contributed by atoms with Crippen LogP contribution in [0.1, 0.15) is 323 Å². The number of esters is 3. The Morgan fingerprint density at radius 2 is 0.500 bits per heavy atom. The number of ether oxygens (including phenoxy) is 3. The molecule has 1 atom stereocenters. The molecule has 0 bridgehead atoms. The van der Waals surface area contributed by atoms with Crippen LogP contribution in [-0.4, -0.2) is 37.2 Å². The zero-order chi connectivity index (χ0) is 47.9. The van der Waals surface area contributed by atoms with Crippen LogP contribution in [0.25, 0.3) is 0 Å². The fourth-order valence-corrected chi connectivity index (χ4v) is 8.73. The number of hydrogen-bond donors (Lipinski definition) is 0. The Morgan fingerprint density at radius 3 is 0.773 bits per heavy atom. The van der Waals surface area contributed by atoms with Gasteiger partial charge in [-0.15, -0.1) is 0 Å². The molecule has 6 heteroatoms. The predicted molar refractivity (Wildman–Crippen MR) is 284 cm³/mol. The highest BCUT2D eigenvalue weighted by atomic mass is 16.6. The molecular formula is C60H112O6. The number of hydrogen-bond acceptors (Lipinski definition) is 6. The van der Waals surface area contributed by atoms with E-state index in [-0.39, 0.29) is 31.1 Å². The second-order valence-electron chi connectivity index (χ2n) is 19.9. The smallest absolute Gasteiger partial charge is 0.306 e. The fourth-order valence-electron chi connectivity index (χ4n) is 8.73. The van der Waals surface area contributed by atoms with Crippen molar-refractivity contribution in [2.24, 2.45) is 0 Å². The number of carbonyl (C=O) groups is 3. The zero-order valence-electron chi connectivity index (χ0n) is 44.5. The van der Waals surface area contributed by atoms with E-state index in [1.165, 1.54) is 225 Å². The molecule has 6 nitrogen and oxygen atoms in total. The SMILES string of the molecule is CCCCCC/C=C/CCCCCCCCCC(=O)O[C@@H](COC(=O)CCCCCCCCCCC/C=C/CCCCCCCC)COC(=O)CCCCCCCCCCCCCCCC. The number of carbonyl (C=O) groups excluding carboxylic acids is 3. The second-order valence-corrected chi connectivity index (χ2v) is 19.9. The highest BCUT2D eigenvalue weighted by molar-refractivity contribution is 5.71. The lowest BCUT2D eigenvalue weighted by Gasteiger charge is -2.18. The van der Waals surface area contributed by atoms with Crippen LogP contribution in [0.15, 0.2) is 24.3 Å². The van der Waals surface area contributed by atoms with Crippen LogP contribution in [0.3, 0.4) is 0 Å². The van der Waals surface area contributed by atoms with Crippen molar-refractivity contribution in [1.82, 2.24) is 0 Å². The fraction of sp³-hybridized carbons (Fsp3) is 0.883. The van der Waals surface area contributed by atoms with Crippen molar-refractivity contribution in [2.45, 2.75) is 329 Å². The first-order valence-corrected chi connectivity index (χ1v) is 29.3. The highest BCUT2D eigenvalue weighted by Gasteiger charge is 2.19. The van der Waals surface area contributed by atoms with E-state index in [1.54, 1.807) is 0 Å². The molecule has 0 aliphatic rings. The molecule has 0 rings (SSSR count). The van der Waals surface area contributed by atoms with Crippen molar-refractivity contribution in [3.8, 4) is 0 Å². The summed E-state index contributed by atoms with van der Waals surface area (Å²) in [6, 6.07) is 0. The molecule has 0 aromatic heterocycles. The maximum atomic E-state index is 12.8. The van der Waals surface area contributed by atoms with Gasteiger partial charge in [0.1, 0.15) is 13.2 Å². The average molecular weight is 930 g/mol. The van der Waals surface area contributed by atoms with Gasteiger partial charge in [-0.05, 0) is 70.6 Å². The van der Waals surface area contributed by atoms with E-state index in [9.17, 15) is 14.4 Å². The molecular weight excluding hydrogens is 817 g/mol. The van der Waals surface area contributed by atoms with E-state index >= 15 is 0 Å². The molecule has 0 aromatic rings. The highest BCUT2D eigenvalue weighted by Crippen LogP contribution is 2.17. The minimum absolute atomic E-state index is 0.0690. The minimum Gasteiger partial charge on any atom is -0.462 e. The molecule has 0 N–H and O–H groups in total. The van der Waals surface area contributed by atoms with Crippen molar-refractivity contribution < 1.29 is 28.6 Å². The Morgan fingerprint density at radius 1 is 0.288 bits per heavy atom. The third-order valence-corrected chi connectivity index (χ3v) is 13.2. The topological polar surface area (TPSA) is 78.9 Å². The summed E-state index contributed by atoms with van der Waals surface area (Å²) in [6.45, 7) is 6.67. The lowest BCUT2D eigenvalue weighted by atomic mass is 10.0. The first kappa shape index (κ1) is 63.9. The molecule has 66 heavy (non-hydrogen) atoms. The summed E-state index contributed by atoms with van der Waals surface area (Å²) in [4.78, 5) is 38.1. The van der Waals surface area contributed by atoms with Gasteiger partial charge in [0.05, 0.1) is 0 Å². The summed E-state index contributed by atoms with van der Waals surface area (Å²) in [7, 11) is 0. The maximum Gasteiger partial charge on any atom is 0.306 e. The van der Waals surface area contributed by atoms with Crippen LogP contribution >= 0.6 is 0 Å². The van der Waals surface area contributed by atoms with E-state index in [1.807, 2.05) is 0 Å². The summed E-state index contributed by atoms with van der Waals surface area (Å²) >= 11 is 0. The van der Waals surface area contributed by atoms with Crippen molar-refractivity contribution in [3.63, 3.8) is 0 Å². The molecule has 0 spiro atoms. The molecule has 0 saturated carbocycles. The van der Waals surface area contributed by atoms with Crippen LogP contribution in [0, 0.1) is 0 Å². The van der Waals surface area contributed by atoms with Crippen LogP contribution < -0.4 is 0 Å². The first-order valence-electron chi connectivity index (χ1n) is 29.3. The van der Waals surface area contributed by atoms with Crippen molar-refractivity contribution in [2.75, 3.05) is 13.2 Å². The Bertz CT molecular complexity index is 1070. The Hall–Kier alpha value is -2.11. The lowest BCUT2D eigenvalue weighted by Crippen LogP contribution is -2.30. The van der Waals surface area contributed by atoms with Gasteiger partial charge in [0.15, 0.2) is 6.10 Å². The van der Waals surface area contributed by atoms with Crippen LogP contribution in [-0.2, 0) is 28.6 Å². The zero-order valence-corrected chi connectivity index (χ0v) is 44.5. The van der Waals surface area contributed by atoms with Crippen LogP contribution in [0.2, 0.25) is 0 Å². The van der Waals surface area contributed by atoms with Gasteiger partial charge < -0.3 is 14.2 Å². The summed E-state index contributed by atoms with van der Waals surface area (Å²) in [5.41, 5.74) is 0. The molecule has 0 saturated heterocycles. The van der Waals surface area contributed by atoms with Gasteiger partial charge in [0.25, 0.3) is 0 Å². The van der Waals surface area contributed by atoms with Crippen LogP contribution in [0.5, 0.6) is 0 Å². The average Bonchev–Trinajstić information content (AvgIpc) is 3.31. The predicted octanol–water partition coefficient (Wildman–Crippen LogP) is 19.5. The first-order chi connectivity index (χ1) is 32.5. The van der Waals surface area contributed by atoms with Crippen LogP contribution in [0.4, 0.5) is 0 Å². The normalized spacial score (nSPS) is 12.1. The molecule has 388 valence electrons. The van der Waals surface area contributed by atoms with E-state index < -0.39 is 6.10 Å². The van der Waals surface area contributed by atoms with E-state index in [0.717, 1.165) is 57.8 Å². The second kappa shape index (κ2) is 55.5. The molecule has 0 heterocycles. The summed E-state index contributed by atoms with van der Waals surface area (Å²) in [5, 5.41) is 0. The Labute approximate surface area is 411 Å². The molecule has 0 amide bonds. The maximum absolute atomic E-state index is 12.8. The van der Waals surface area contributed by atoms with Gasteiger partial charge in [0, 0.05) is 19.3 Å². The molecule has 0 aliphatic carbocycles. The third-order valence-electron chi connectivity index (χ3n) is 13.2. The monoisotopic (exact) mass is 929 g/mol. The van der Waals surface area contributed by atoms with E-state index in [0.29, 0.717) is 19.3 Å². The molecule has 0 radical (unpaired) electrons. The third kappa shape index (κ3) is 52.9.